The van der Waals surface area contributed by atoms with Crippen LogP contribution in [-0.2, 0) is 0 Å². The molecule has 1 amide bonds. The van der Waals surface area contributed by atoms with Crippen molar-refractivity contribution in [1.29, 1.82) is 0 Å². The maximum Gasteiger partial charge on any atom is 0.252 e. The van der Waals surface area contributed by atoms with Crippen molar-refractivity contribution in [2.24, 2.45) is 5.92 Å². The molecule has 3 nitrogen and oxygen atoms in total. The van der Waals surface area contributed by atoms with Gasteiger partial charge in [0.1, 0.15) is 5.82 Å². The summed E-state index contributed by atoms with van der Waals surface area (Å²) in [6.45, 7) is 5.86. The highest BCUT2D eigenvalue weighted by Crippen LogP contribution is 2.17. The standard InChI is InChI=1S/C15H20ClFN2O/c1-11-3-2-7-19(10-11)8-6-18-15(20)13-5-4-12(17)9-14(13)16/h4-5,9,11H,2-3,6-8,10H2,1H3,(H,18,20). The summed E-state index contributed by atoms with van der Waals surface area (Å²) < 4.78 is 12.9. The lowest BCUT2D eigenvalue weighted by Crippen LogP contribution is -2.40. The summed E-state index contributed by atoms with van der Waals surface area (Å²) in [5.41, 5.74) is 0.320. The molecule has 20 heavy (non-hydrogen) atoms. The third kappa shape index (κ3) is 4.18. The van der Waals surface area contributed by atoms with Gasteiger partial charge in [0, 0.05) is 19.6 Å². The van der Waals surface area contributed by atoms with Crippen LogP contribution in [0.5, 0.6) is 0 Å². The SMILES string of the molecule is CC1CCCN(CCNC(=O)c2ccc(F)cc2Cl)C1. The monoisotopic (exact) mass is 298 g/mol. The van der Waals surface area contributed by atoms with E-state index in [0.29, 0.717) is 12.1 Å². The van der Waals surface area contributed by atoms with Crippen LogP contribution in [0.3, 0.4) is 0 Å². The smallest absolute Gasteiger partial charge is 0.252 e. The van der Waals surface area contributed by atoms with Crippen LogP contribution in [0.25, 0.3) is 0 Å². The number of benzene rings is 1. The summed E-state index contributed by atoms with van der Waals surface area (Å²) in [6, 6.07) is 3.81. The second-order valence-electron chi connectivity index (χ2n) is 5.43. The molecular formula is C15H20ClFN2O. The summed E-state index contributed by atoms with van der Waals surface area (Å²) in [7, 11) is 0. The molecule has 0 aliphatic carbocycles. The van der Waals surface area contributed by atoms with E-state index in [1.807, 2.05) is 0 Å². The number of hydrogen-bond donors (Lipinski definition) is 1. The van der Waals surface area contributed by atoms with Gasteiger partial charge in [-0.05, 0) is 43.5 Å². The third-order valence-electron chi connectivity index (χ3n) is 3.63. The van der Waals surface area contributed by atoms with Gasteiger partial charge in [0.2, 0.25) is 0 Å². The first kappa shape index (κ1) is 15.3. The number of piperidine rings is 1. The molecule has 1 saturated heterocycles. The lowest BCUT2D eigenvalue weighted by atomic mass is 10.0. The zero-order valence-corrected chi connectivity index (χ0v) is 12.4. The zero-order chi connectivity index (χ0) is 14.5. The fourth-order valence-corrected chi connectivity index (χ4v) is 2.84. The molecule has 110 valence electrons. The minimum atomic E-state index is -0.436. The van der Waals surface area contributed by atoms with Gasteiger partial charge < -0.3 is 10.2 Å². The maximum atomic E-state index is 12.9. The predicted octanol–water partition coefficient (Wildman–Crippen LogP) is 2.94. The van der Waals surface area contributed by atoms with E-state index in [-0.39, 0.29) is 10.9 Å². The predicted molar refractivity (Wildman–Crippen MR) is 78.6 cm³/mol. The average Bonchev–Trinajstić information content (AvgIpc) is 2.38. The van der Waals surface area contributed by atoms with Crippen molar-refractivity contribution in [2.75, 3.05) is 26.2 Å². The molecule has 1 aromatic carbocycles. The molecule has 1 aliphatic rings. The van der Waals surface area contributed by atoms with Crippen LogP contribution >= 0.6 is 11.6 Å². The van der Waals surface area contributed by atoms with Crippen LogP contribution in [-0.4, -0.2) is 37.0 Å². The Hall–Kier alpha value is -1.13. The first-order valence-electron chi connectivity index (χ1n) is 7.02. The second kappa shape index (κ2) is 7.04. The van der Waals surface area contributed by atoms with Crippen molar-refractivity contribution in [3.63, 3.8) is 0 Å². The van der Waals surface area contributed by atoms with Crippen LogP contribution in [0.15, 0.2) is 18.2 Å². The number of likely N-dealkylation sites (tertiary alicyclic amines) is 1. The van der Waals surface area contributed by atoms with E-state index in [1.165, 1.54) is 25.0 Å². The first-order chi connectivity index (χ1) is 9.56. The van der Waals surface area contributed by atoms with Crippen molar-refractivity contribution in [2.45, 2.75) is 19.8 Å². The van der Waals surface area contributed by atoms with Gasteiger partial charge in [-0.2, -0.15) is 0 Å². The Labute approximate surface area is 124 Å². The summed E-state index contributed by atoms with van der Waals surface area (Å²) in [4.78, 5) is 14.3. The lowest BCUT2D eigenvalue weighted by Gasteiger charge is -2.30. The minimum absolute atomic E-state index is 0.147. The Bertz CT molecular complexity index is 481. The number of carbonyl (C=O) groups is 1. The summed E-state index contributed by atoms with van der Waals surface area (Å²) >= 11 is 5.86. The molecule has 1 aliphatic heterocycles. The molecule has 0 aromatic heterocycles. The Morgan fingerprint density at radius 2 is 2.35 bits per heavy atom. The molecule has 1 aromatic rings. The van der Waals surface area contributed by atoms with Crippen LogP contribution < -0.4 is 5.32 Å². The zero-order valence-electron chi connectivity index (χ0n) is 11.7. The van der Waals surface area contributed by atoms with Crippen LogP contribution in [0.2, 0.25) is 5.02 Å². The third-order valence-corrected chi connectivity index (χ3v) is 3.94. The van der Waals surface area contributed by atoms with Gasteiger partial charge in [-0.15, -0.1) is 0 Å². The van der Waals surface area contributed by atoms with Crippen molar-refractivity contribution in [3.05, 3.63) is 34.6 Å². The number of rotatable bonds is 4. The second-order valence-corrected chi connectivity index (χ2v) is 5.84. The van der Waals surface area contributed by atoms with Gasteiger partial charge in [-0.25, -0.2) is 4.39 Å². The molecule has 1 unspecified atom stereocenters. The van der Waals surface area contributed by atoms with Gasteiger partial charge >= 0.3 is 0 Å². The molecule has 0 spiro atoms. The quantitative estimate of drug-likeness (QED) is 0.927. The highest BCUT2D eigenvalue weighted by atomic mass is 35.5. The van der Waals surface area contributed by atoms with E-state index in [2.05, 4.69) is 17.1 Å². The van der Waals surface area contributed by atoms with Gasteiger partial charge in [0.25, 0.3) is 5.91 Å². The highest BCUT2D eigenvalue weighted by molar-refractivity contribution is 6.33. The van der Waals surface area contributed by atoms with Crippen LogP contribution in [0, 0.1) is 11.7 Å². The van der Waals surface area contributed by atoms with Crippen molar-refractivity contribution in [3.8, 4) is 0 Å². The fraction of sp³-hybridized carbons (Fsp3) is 0.533. The van der Waals surface area contributed by atoms with E-state index in [1.54, 1.807) is 0 Å². The molecule has 5 heteroatoms. The molecule has 0 bridgehead atoms. The van der Waals surface area contributed by atoms with Crippen molar-refractivity contribution >= 4 is 17.5 Å². The van der Waals surface area contributed by atoms with E-state index in [4.69, 9.17) is 11.6 Å². The first-order valence-corrected chi connectivity index (χ1v) is 7.39. The topological polar surface area (TPSA) is 32.3 Å². The Kier molecular flexibility index (Phi) is 5.38. The van der Waals surface area contributed by atoms with Crippen LogP contribution in [0.4, 0.5) is 4.39 Å². The summed E-state index contributed by atoms with van der Waals surface area (Å²) in [5.74, 6) is 0.0416. The number of halogens is 2. The average molecular weight is 299 g/mol. The molecule has 0 radical (unpaired) electrons. The molecule has 1 N–H and O–H groups in total. The van der Waals surface area contributed by atoms with E-state index in [9.17, 15) is 9.18 Å². The molecule has 2 rings (SSSR count). The number of nitrogens with one attached hydrogen (secondary N) is 1. The minimum Gasteiger partial charge on any atom is -0.351 e. The molecule has 1 atom stereocenters. The molecule has 0 saturated carbocycles. The normalized spacial score (nSPS) is 19.9. The van der Waals surface area contributed by atoms with E-state index < -0.39 is 5.82 Å². The van der Waals surface area contributed by atoms with Gasteiger partial charge in [0.15, 0.2) is 0 Å². The summed E-state index contributed by atoms with van der Waals surface area (Å²) in [6.07, 6.45) is 2.51. The Morgan fingerprint density at radius 3 is 3.05 bits per heavy atom. The van der Waals surface area contributed by atoms with Crippen LogP contribution in [0.1, 0.15) is 30.1 Å². The highest BCUT2D eigenvalue weighted by Gasteiger charge is 2.16. The largest absolute Gasteiger partial charge is 0.351 e. The van der Waals surface area contributed by atoms with Crippen molar-refractivity contribution < 1.29 is 9.18 Å². The van der Waals surface area contributed by atoms with Gasteiger partial charge in [-0.3, -0.25) is 4.79 Å². The summed E-state index contributed by atoms with van der Waals surface area (Å²) in [5, 5.41) is 2.98. The fourth-order valence-electron chi connectivity index (χ4n) is 2.59. The van der Waals surface area contributed by atoms with E-state index >= 15 is 0 Å². The molecular weight excluding hydrogens is 279 g/mol. The molecule has 1 heterocycles. The van der Waals surface area contributed by atoms with E-state index in [0.717, 1.165) is 31.6 Å². The lowest BCUT2D eigenvalue weighted by molar-refractivity contribution is 0.0944. The maximum absolute atomic E-state index is 12.9. The Morgan fingerprint density at radius 1 is 1.55 bits per heavy atom. The van der Waals surface area contributed by atoms with Gasteiger partial charge in [0.05, 0.1) is 10.6 Å². The number of carbonyl (C=O) groups excluding carboxylic acids is 1. The molecule has 1 fully saturated rings. The number of nitrogens with zero attached hydrogens (tertiary/aromatic N) is 1. The Balaban J connectivity index is 1.80. The number of hydrogen-bond acceptors (Lipinski definition) is 2. The number of amides is 1. The van der Waals surface area contributed by atoms with Crippen molar-refractivity contribution in [1.82, 2.24) is 10.2 Å². The van der Waals surface area contributed by atoms with Gasteiger partial charge in [-0.1, -0.05) is 18.5 Å².